The van der Waals surface area contributed by atoms with Crippen LogP contribution in [-0.4, -0.2) is 11.8 Å². The minimum atomic E-state index is -2.50. The Morgan fingerprint density at radius 2 is 1.95 bits per heavy atom. The number of hydrogen-bond acceptors (Lipinski definition) is 2. The van der Waals surface area contributed by atoms with Gasteiger partial charge in [0.2, 0.25) is 0 Å². The number of alkyl halides is 2. The molecule has 2 aromatic rings. The number of halogens is 3. The molecular weight excluding hydrogens is 330 g/mol. The summed E-state index contributed by atoms with van der Waals surface area (Å²) in [5, 5.41) is 5.82. The van der Waals surface area contributed by atoms with Crippen LogP contribution in [-0.2, 0) is 6.54 Å². The third kappa shape index (κ3) is 5.20. The normalized spacial score (nSPS) is 10.5. The smallest absolute Gasteiger partial charge is 0.319 e. The molecule has 0 fully saturated rings. The fourth-order valence-electron chi connectivity index (χ4n) is 1.74. The maximum absolute atomic E-state index is 12.3. The highest BCUT2D eigenvalue weighted by atomic mass is 35.5. The molecule has 7 heteroatoms. The van der Waals surface area contributed by atoms with E-state index in [2.05, 4.69) is 10.6 Å². The molecule has 2 rings (SSSR count). The molecule has 0 unspecified atom stereocenters. The van der Waals surface area contributed by atoms with Gasteiger partial charge in [0.25, 0.3) is 5.76 Å². The molecule has 0 bridgehead atoms. The average Bonchev–Trinajstić information content (AvgIpc) is 2.46. The van der Waals surface area contributed by atoms with Crippen molar-refractivity contribution >= 4 is 35.1 Å². The van der Waals surface area contributed by atoms with Crippen molar-refractivity contribution in [2.24, 2.45) is 0 Å². The largest absolute Gasteiger partial charge is 0.334 e. The topological polar surface area (TPSA) is 41.1 Å². The number of thioether (sulfide) groups is 1. The van der Waals surface area contributed by atoms with Crippen LogP contribution in [0.3, 0.4) is 0 Å². The van der Waals surface area contributed by atoms with Crippen molar-refractivity contribution in [3.8, 4) is 0 Å². The second-order valence-corrected chi connectivity index (χ2v) is 5.78. The van der Waals surface area contributed by atoms with Crippen molar-refractivity contribution in [1.82, 2.24) is 5.32 Å². The number of amides is 2. The number of anilines is 1. The standard InChI is InChI=1S/C15H13ClF2N2OS/c16-13-7-2-1-4-10(13)9-19-15(21)20-11-5-3-6-12(8-11)22-14(17)18/h1-8,14H,9H2,(H2,19,20,21). The molecule has 3 nitrogen and oxygen atoms in total. The van der Waals surface area contributed by atoms with Crippen LogP contribution in [0, 0.1) is 0 Å². The molecule has 2 N–H and O–H groups in total. The molecule has 0 heterocycles. The van der Waals surface area contributed by atoms with Crippen molar-refractivity contribution in [2.75, 3.05) is 5.32 Å². The first-order chi connectivity index (χ1) is 10.5. The quantitative estimate of drug-likeness (QED) is 0.753. The summed E-state index contributed by atoms with van der Waals surface area (Å²) in [5.41, 5.74) is 1.24. The van der Waals surface area contributed by atoms with E-state index >= 15 is 0 Å². The minimum Gasteiger partial charge on any atom is -0.334 e. The molecular formula is C15H13ClF2N2OS. The number of hydrogen-bond donors (Lipinski definition) is 2. The van der Waals surface area contributed by atoms with Crippen LogP contribution in [0.5, 0.6) is 0 Å². The summed E-state index contributed by atoms with van der Waals surface area (Å²) < 4.78 is 24.6. The Balaban J connectivity index is 1.91. The molecule has 0 atom stereocenters. The molecule has 0 radical (unpaired) electrons. The Labute approximate surface area is 136 Å². The van der Waals surface area contributed by atoms with Gasteiger partial charge in [-0.3, -0.25) is 0 Å². The van der Waals surface area contributed by atoms with Gasteiger partial charge in [0, 0.05) is 22.2 Å². The lowest BCUT2D eigenvalue weighted by molar-refractivity contribution is 0.251. The molecule has 22 heavy (non-hydrogen) atoms. The van der Waals surface area contributed by atoms with Gasteiger partial charge in [-0.2, -0.15) is 8.78 Å². The maximum atomic E-state index is 12.3. The predicted octanol–water partition coefficient (Wildman–Crippen LogP) is 4.98. The van der Waals surface area contributed by atoms with Gasteiger partial charge in [-0.05, 0) is 29.8 Å². The zero-order valence-electron chi connectivity index (χ0n) is 11.4. The van der Waals surface area contributed by atoms with Crippen molar-refractivity contribution < 1.29 is 13.6 Å². The van der Waals surface area contributed by atoms with Crippen molar-refractivity contribution in [3.05, 3.63) is 59.1 Å². The second-order valence-electron chi connectivity index (χ2n) is 4.31. The number of urea groups is 1. The zero-order chi connectivity index (χ0) is 15.9. The summed E-state index contributed by atoms with van der Waals surface area (Å²) in [4.78, 5) is 12.2. The van der Waals surface area contributed by atoms with Gasteiger partial charge in [-0.15, -0.1) is 0 Å². The van der Waals surface area contributed by atoms with E-state index in [4.69, 9.17) is 11.6 Å². The molecule has 0 aliphatic rings. The molecule has 0 aliphatic heterocycles. The van der Waals surface area contributed by atoms with Crippen LogP contribution in [0.2, 0.25) is 5.02 Å². The molecule has 2 aromatic carbocycles. The SMILES string of the molecule is O=C(NCc1ccccc1Cl)Nc1cccc(SC(F)F)c1. The third-order valence-corrected chi connectivity index (χ3v) is 3.79. The molecule has 116 valence electrons. The van der Waals surface area contributed by atoms with E-state index in [1.165, 1.54) is 6.07 Å². The van der Waals surface area contributed by atoms with Crippen molar-refractivity contribution in [3.63, 3.8) is 0 Å². The summed E-state index contributed by atoms with van der Waals surface area (Å²) in [6.45, 7) is 0.275. The Morgan fingerprint density at radius 1 is 1.18 bits per heavy atom. The monoisotopic (exact) mass is 342 g/mol. The van der Waals surface area contributed by atoms with Crippen LogP contribution in [0.4, 0.5) is 19.3 Å². The van der Waals surface area contributed by atoms with Gasteiger partial charge >= 0.3 is 6.03 Å². The average molecular weight is 343 g/mol. The summed E-state index contributed by atoms with van der Waals surface area (Å²) in [6.07, 6.45) is 0. The van der Waals surface area contributed by atoms with Gasteiger partial charge in [-0.25, -0.2) is 4.79 Å². The second kappa shape index (κ2) is 8.00. The van der Waals surface area contributed by atoms with Gasteiger partial charge in [0.1, 0.15) is 0 Å². The Morgan fingerprint density at radius 3 is 2.68 bits per heavy atom. The lowest BCUT2D eigenvalue weighted by atomic mass is 10.2. The zero-order valence-corrected chi connectivity index (χ0v) is 12.9. The number of benzene rings is 2. The van der Waals surface area contributed by atoms with E-state index in [1.807, 2.05) is 12.1 Å². The van der Waals surface area contributed by atoms with E-state index in [9.17, 15) is 13.6 Å². The lowest BCUT2D eigenvalue weighted by Crippen LogP contribution is -2.28. The number of nitrogens with one attached hydrogen (secondary N) is 2. The van der Waals surface area contributed by atoms with Crippen molar-refractivity contribution in [1.29, 1.82) is 0 Å². The van der Waals surface area contributed by atoms with Gasteiger partial charge in [-0.1, -0.05) is 47.6 Å². The first-order valence-corrected chi connectivity index (χ1v) is 7.63. The Bertz CT molecular complexity index is 655. The Kier molecular flexibility index (Phi) is 6.03. The summed E-state index contributed by atoms with van der Waals surface area (Å²) in [6, 6.07) is 13.0. The fourth-order valence-corrected chi connectivity index (χ4v) is 2.50. The van der Waals surface area contributed by atoms with Crippen LogP contribution >= 0.6 is 23.4 Å². The molecule has 0 aromatic heterocycles. The predicted molar refractivity (Wildman–Crippen MR) is 85.6 cm³/mol. The Hall–Kier alpha value is -1.79. The number of rotatable bonds is 5. The molecule has 0 aliphatic carbocycles. The van der Waals surface area contributed by atoms with Crippen molar-refractivity contribution in [2.45, 2.75) is 17.2 Å². The summed E-state index contributed by atoms with van der Waals surface area (Å²) >= 11 is 6.42. The first-order valence-electron chi connectivity index (χ1n) is 6.38. The highest BCUT2D eigenvalue weighted by molar-refractivity contribution is 7.99. The lowest BCUT2D eigenvalue weighted by Gasteiger charge is -2.09. The van der Waals surface area contributed by atoms with Crippen LogP contribution < -0.4 is 10.6 Å². The molecule has 0 spiro atoms. The van der Waals surface area contributed by atoms with E-state index in [0.29, 0.717) is 27.4 Å². The highest BCUT2D eigenvalue weighted by Gasteiger charge is 2.07. The molecule has 0 saturated heterocycles. The maximum Gasteiger partial charge on any atom is 0.319 e. The molecule has 2 amide bonds. The van der Waals surface area contributed by atoms with Crippen LogP contribution in [0.15, 0.2) is 53.4 Å². The van der Waals surface area contributed by atoms with E-state index in [1.54, 1.807) is 30.3 Å². The van der Waals surface area contributed by atoms with Crippen LogP contribution in [0.25, 0.3) is 0 Å². The van der Waals surface area contributed by atoms with Gasteiger partial charge in [0.15, 0.2) is 0 Å². The van der Waals surface area contributed by atoms with E-state index < -0.39 is 11.8 Å². The van der Waals surface area contributed by atoms with Gasteiger partial charge in [0.05, 0.1) is 0 Å². The third-order valence-electron chi connectivity index (χ3n) is 2.71. The highest BCUT2D eigenvalue weighted by Crippen LogP contribution is 2.27. The van der Waals surface area contributed by atoms with Crippen LogP contribution in [0.1, 0.15) is 5.56 Å². The first kappa shape index (κ1) is 16.6. The number of carbonyl (C=O) groups is 1. The van der Waals surface area contributed by atoms with Gasteiger partial charge < -0.3 is 10.6 Å². The van der Waals surface area contributed by atoms with E-state index in [0.717, 1.165) is 5.56 Å². The summed E-state index contributed by atoms with van der Waals surface area (Å²) in [5.74, 6) is -2.50. The minimum absolute atomic E-state index is 0.275. The molecule has 0 saturated carbocycles. The number of carbonyl (C=O) groups excluding carboxylic acids is 1. The summed E-state index contributed by atoms with van der Waals surface area (Å²) in [7, 11) is 0. The fraction of sp³-hybridized carbons (Fsp3) is 0.133. The van der Waals surface area contributed by atoms with E-state index in [-0.39, 0.29) is 6.54 Å².